The molecule has 0 aromatic carbocycles. The van der Waals surface area contributed by atoms with Gasteiger partial charge in [-0.15, -0.1) is 0 Å². The van der Waals surface area contributed by atoms with Crippen LogP contribution in [0.1, 0.15) is 22.2 Å². The number of aliphatic imine (C=N–C) groups is 2. The predicted molar refractivity (Wildman–Crippen MR) is 52.9 cm³/mol. The van der Waals surface area contributed by atoms with Crippen LogP contribution < -0.4 is 5.32 Å². The van der Waals surface area contributed by atoms with Gasteiger partial charge in [0.05, 0.1) is 19.3 Å². The first kappa shape index (κ1) is 10.8. The van der Waals surface area contributed by atoms with Crippen molar-refractivity contribution in [1.29, 1.82) is 0 Å². The van der Waals surface area contributed by atoms with E-state index in [1.165, 1.54) is 6.92 Å². The Morgan fingerprint density at radius 1 is 1.58 bits per heavy atom. The first-order chi connectivity index (χ1) is 5.79. The Morgan fingerprint density at radius 3 is 2.67 bits per heavy atom. The minimum Gasteiger partial charge on any atom is -0.310 e. The Balaban J connectivity index is 0. The quantitative estimate of drug-likeness (QED) is 0.578. The lowest BCUT2D eigenvalue weighted by Crippen LogP contribution is -2.31. The number of hydrogen-bond donors (Lipinski definition) is 1. The topological polar surface area (TPSA) is 53.8 Å². The van der Waals surface area contributed by atoms with Gasteiger partial charge in [-0.3, -0.25) is 14.8 Å². The zero-order valence-corrected chi connectivity index (χ0v) is 7.79. The van der Waals surface area contributed by atoms with Crippen molar-refractivity contribution in [2.24, 2.45) is 9.98 Å². The van der Waals surface area contributed by atoms with Crippen LogP contribution in [0.15, 0.2) is 9.98 Å². The summed E-state index contributed by atoms with van der Waals surface area (Å²) in [5.41, 5.74) is 0. The van der Waals surface area contributed by atoms with Crippen LogP contribution in [0.4, 0.5) is 0 Å². The summed E-state index contributed by atoms with van der Waals surface area (Å²) in [7, 11) is 0. The molecular weight excluding hydrogens is 154 g/mol. The van der Waals surface area contributed by atoms with Gasteiger partial charge >= 0.3 is 0 Å². The highest BCUT2D eigenvalue weighted by molar-refractivity contribution is 6.32. The maximum atomic E-state index is 10.5. The van der Waals surface area contributed by atoms with Crippen LogP contribution in [0.25, 0.3) is 0 Å². The molecule has 1 aliphatic heterocycles. The highest BCUT2D eigenvalue weighted by Crippen LogP contribution is 1.82. The van der Waals surface area contributed by atoms with Gasteiger partial charge in [-0.1, -0.05) is 13.8 Å². The Hall–Kier alpha value is -1.19. The molecule has 0 radical (unpaired) electrons. The molecule has 12 heavy (non-hydrogen) atoms. The van der Waals surface area contributed by atoms with Crippen LogP contribution in [0, 0.1) is 0 Å². The molecule has 0 aromatic heterocycles. The second kappa shape index (κ2) is 6.52. The number of nitrogens with one attached hydrogen (secondary N) is 1. The summed E-state index contributed by atoms with van der Waals surface area (Å²) in [6.45, 7) is 6.85. The molecule has 1 N–H and O–H groups in total. The van der Waals surface area contributed by atoms with E-state index < -0.39 is 0 Å². The van der Waals surface area contributed by atoms with E-state index in [2.05, 4.69) is 15.3 Å². The largest absolute Gasteiger partial charge is 0.310 e. The van der Waals surface area contributed by atoms with E-state index in [-0.39, 0.29) is 7.33 Å². The standard InChI is InChI=1S/C6H9N3O.C2H6.H2/c1-5(10)9-6-4-7-2-3-8-6;1-2;/h4H,2-3H2,1H3,(H,8,9,10);1-2H3;1H. The van der Waals surface area contributed by atoms with Gasteiger partial charge in [0.1, 0.15) is 5.84 Å². The average molecular weight is 171 g/mol. The van der Waals surface area contributed by atoms with Gasteiger partial charge < -0.3 is 5.32 Å². The van der Waals surface area contributed by atoms with E-state index in [0.29, 0.717) is 12.4 Å². The van der Waals surface area contributed by atoms with Crippen LogP contribution in [-0.2, 0) is 4.79 Å². The zero-order valence-electron chi connectivity index (χ0n) is 7.79. The molecular formula is C8H17N3O. The number of hydrogen-bond acceptors (Lipinski definition) is 3. The predicted octanol–water partition coefficient (Wildman–Crippen LogP) is 0.878. The van der Waals surface area contributed by atoms with Crippen molar-refractivity contribution in [2.75, 3.05) is 13.1 Å². The highest BCUT2D eigenvalue weighted by Gasteiger charge is 1.99. The summed E-state index contributed by atoms with van der Waals surface area (Å²) in [5.74, 6) is 0.464. The molecule has 0 bridgehead atoms. The molecule has 1 amide bonds. The molecule has 70 valence electrons. The fraction of sp³-hybridized carbons (Fsp3) is 0.625. The molecule has 1 aliphatic rings. The number of amides is 1. The van der Waals surface area contributed by atoms with Gasteiger partial charge in [-0.2, -0.15) is 0 Å². The smallest absolute Gasteiger partial charge is 0.222 e. The molecule has 4 heteroatoms. The van der Waals surface area contributed by atoms with E-state index in [9.17, 15) is 4.79 Å². The Morgan fingerprint density at radius 2 is 2.25 bits per heavy atom. The monoisotopic (exact) mass is 171 g/mol. The average Bonchev–Trinajstić information content (AvgIpc) is 2.08. The minimum absolute atomic E-state index is 0. The number of rotatable bonds is 0. The van der Waals surface area contributed by atoms with Crippen LogP contribution in [-0.4, -0.2) is 31.0 Å². The van der Waals surface area contributed by atoms with Crippen molar-refractivity contribution < 1.29 is 6.22 Å². The molecule has 4 nitrogen and oxygen atoms in total. The lowest BCUT2D eigenvalue weighted by atomic mass is 10.5. The van der Waals surface area contributed by atoms with Crippen LogP contribution in [0.2, 0.25) is 0 Å². The number of nitrogens with zero attached hydrogens (tertiary/aromatic N) is 2. The number of carbonyl (C=O) groups is 1. The fourth-order valence-corrected chi connectivity index (χ4v) is 0.672. The molecule has 0 aromatic rings. The van der Waals surface area contributed by atoms with E-state index in [1.807, 2.05) is 13.8 Å². The Kier molecular flexibility index (Phi) is 5.87. The zero-order chi connectivity index (χ0) is 9.40. The number of carbonyl (C=O) groups excluding carboxylic acids is 1. The summed E-state index contributed by atoms with van der Waals surface area (Å²) >= 11 is 0. The lowest BCUT2D eigenvalue weighted by molar-refractivity contribution is -0.117. The molecule has 0 saturated heterocycles. The summed E-state index contributed by atoms with van der Waals surface area (Å²) in [4.78, 5) is 18.4. The van der Waals surface area contributed by atoms with Crippen molar-refractivity contribution in [2.45, 2.75) is 20.8 Å². The van der Waals surface area contributed by atoms with E-state index in [0.717, 1.165) is 6.54 Å². The molecule has 0 aliphatic carbocycles. The summed E-state index contributed by atoms with van der Waals surface area (Å²) in [5, 5.41) is 2.54. The van der Waals surface area contributed by atoms with Crippen molar-refractivity contribution in [1.82, 2.24) is 5.32 Å². The second-order valence-corrected chi connectivity index (χ2v) is 1.98. The van der Waals surface area contributed by atoms with Gasteiger partial charge in [0, 0.05) is 8.35 Å². The van der Waals surface area contributed by atoms with Gasteiger partial charge in [0.25, 0.3) is 0 Å². The third kappa shape index (κ3) is 4.60. The maximum absolute atomic E-state index is 10.5. The summed E-state index contributed by atoms with van der Waals surface area (Å²) in [6, 6.07) is 0. The molecule has 0 fully saturated rings. The first-order valence-electron chi connectivity index (χ1n) is 4.11. The molecule has 0 spiro atoms. The van der Waals surface area contributed by atoms with Gasteiger partial charge in [-0.25, -0.2) is 0 Å². The van der Waals surface area contributed by atoms with Gasteiger partial charge in [0.2, 0.25) is 5.91 Å². The van der Waals surface area contributed by atoms with E-state index in [1.54, 1.807) is 6.21 Å². The second-order valence-electron chi connectivity index (χ2n) is 1.98. The Labute approximate surface area is 74.3 Å². The van der Waals surface area contributed by atoms with Crippen LogP contribution in [0.5, 0.6) is 0 Å². The number of amidine groups is 1. The summed E-state index contributed by atoms with van der Waals surface area (Å²) < 4.78 is 0. The Bertz CT molecular complexity index is 202. The molecule has 1 heterocycles. The SMILES string of the molecule is CC.CC(=O)NC1=NCCN=C1.[HH]. The fourth-order valence-electron chi connectivity index (χ4n) is 0.672. The lowest BCUT2D eigenvalue weighted by Gasteiger charge is -2.04. The molecule has 0 saturated carbocycles. The minimum atomic E-state index is -0.105. The van der Waals surface area contributed by atoms with E-state index >= 15 is 0 Å². The molecule has 1 rings (SSSR count). The van der Waals surface area contributed by atoms with Gasteiger partial charge in [-0.05, 0) is 0 Å². The van der Waals surface area contributed by atoms with E-state index in [4.69, 9.17) is 0 Å². The van der Waals surface area contributed by atoms with Crippen molar-refractivity contribution in [3.63, 3.8) is 0 Å². The maximum Gasteiger partial charge on any atom is 0.222 e. The van der Waals surface area contributed by atoms with Crippen LogP contribution in [0.3, 0.4) is 0 Å². The normalized spacial score (nSPS) is 14.1. The van der Waals surface area contributed by atoms with Crippen molar-refractivity contribution in [3.05, 3.63) is 0 Å². The first-order valence-corrected chi connectivity index (χ1v) is 4.11. The summed E-state index contributed by atoms with van der Waals surface area (Å²) in [6.07, 6.45) is 1.57. The van der Waals surface area contributed by atoms with Crippen LogP contribution >= 0.6 is 0 Å². The molecule has 0 unspecified atom stereocenters. The van der Waals surface area contributed by atoms with Crippen molar-refractivity contribution >= 4 is 18.0 Å². The third-order valence-corrected chi connectivity index (χ3v) is 1.03. The third-order valence-electron chi connectivity index (χ3n) is 1.03. The van der Waals surface area contributed by atoms with Crippen molar-refractivity contribution in [3.8, 4) is 0 Å². The molecule has 0 atom stereocenters. The highest BCUT2D eigenvalue weighted by atomic mass is 16.1. The van der Waals surface area contributed by atoms with Gasteiger partial charge in [0.15, 0.2) is 0 Å².